The first-order chi connectivity index (χ1) is 8.79. The van der Waals surface area contributed by atoms with Crippen LogP contribution < -0.4 is 5.32 Å². The monoisotopic (exact) mass is 304 g/mol. The predicted octanol–water partition coefficient (Wildman–Crippen LogP) is 1.71. The van der Waals surface area contributed by atoms with Crippen LogP contribution in [0.3, 0.4) is 0 Å². The summed E-state index contributed by atoms with van der Waals surface area (Å²) in [4.78, 5) is 14.6. The Morgan fingerprint density at radius 3 is 2.63 bits per heavy atom. The molecule has 0 unspecified atom stereocenters. The van der Waals surface area contributed by atoms with E-state index in [0.717, 1.165) is 4.88 Å². The van der Waals surface area contributed by atoms with Crippen LogP contribution in [0.2, 0.25) is 0 Å². The second kappa shape index (κ2) is 6.91. The van der Waals surface area contributed by atoms with Gasteiger partial charge in [0, 0.05) is 23.7 Å². The number of hydrogen-bond donors (Lipinski definition) is 1. The fourth-order valence-corrected chi connectivity index (χ4v) is 2.71. The molecule has 1 N–H and O–H groups in total. The molecule has 0 aliphatic heterocycles. The molecule has 7 heteroatoms. The van der Waals surface area contributed by atoms with Gasteiger partial charge in [-0.15, -0.1) is 11.3 Å². The van der Waals surface area contributed by atoms with E-state index in [-0.39, 0.29) is 24.4 Å². The number of thiophene rings is 1. The van der Waals surface area contributed by atoms with Crippen LogP contribution in [-0.4, -0.2) is 43.9 Å². The molecule has 1 heterocycles. The smallest absolute Gasteiger partial charge is 0.317 e. The molecule has 0 aliphatic rings. The van der Waals surface area contributed by atoms with E-state index in [2.05, 4.69) is 5.32 Å². The van der Waals surface area contributed by atoms with Gasteiger partial charge in [0.2, 0.25) is 0 Å². The Balaban J connectivity index is 2.53. The molecular weight excluding hydrogens is 284 g/mol. The van der Waals surface area contributed by atoms with Gasteiger partial charge in [0.15, 0.2) is 0 Å². The molecule has 19 heavy (non-hydrogen) atoms. The minimum absolute atomic E-state index is 0.0163. The van der Waals surface area contributed by atoms with E-state index in [0.29, 0.717) is 6.54 Å². The zero-order valence-electron chi connectivity index (χ0n) is 11.4. The Bertz CT molecular complexity index is 495. The highest BCUT2D eigenvalue weighted by Crippen LogP contribution is 2.08. The van der Waals surface area contributed by atoms with Crippen LogP contribution in [0, 0.1) is 0 Å². The molecule has 0 atom stereocenters. The van der Waals surface area contributed by atoms with Gasteiger partial charge in [0.25, 0.3) is 0 Å². The lowest BCUT2D eigenvalue weighted by Crippen LogP contribution is -2.45. The van der Waals surface area contributed by atoms with E-state index in [1.165, 1.54) is 11.2 Å². The summed E-state index contributed by atoms with van der Waals surface area (Å²) in [5, 5.41) is 4.76. The normalized spacial score (nSPS) is 11.6. The third kappa shape index (κ3) is 6.07. The van der Waals surface area contributed by atoms with Gasteiger partial charge in [-0.2, -0.15) is 0 Å². The summed E-state index contributed by atoms with van der Waals surface area (Å²) >= 11 is 1.57. The highest BCUT2D eigenvalue weighted by molar-refractivity contribution is 7.90. The fraction of sp³-hybridized carbons (Fsp3) is 0.583. The maximum atomic E-state index is 12.0. The standard InChI is InChI=1S/C12H20N2O3S2/c1-10(2)14(6-8-19(3,16)17)12(15)13-9-11-5-4-7-18-11/h4-5,7,10H,6,8-9H2,1-3H3,(H,13,15). The zero-order chi connectivity index (χ0) is 14.5. The van der Waals surface area contributed by atoms with Gasteiger partial charge in [-0.1, -0.05) is 6.07 Å². The minimum Gasteiger partial charge on any atom is -0.333 e. The topological polar surface area (TPSA) is 66.5 Å². The van der Waals surface area contributed by atoms with Gasteiger partial charge in [-0.25, -0.2) is 13.2 Å². The first-order valence-electron chi connectivity index (χ1n) is 6.04. The van der Waals surface area contributed by atoms with Crippen LogP contribution in [0.15, 0.2) is 17.5 Å². The summed E-state index contributed by atoms with van der Waals surface area (Å²) in [6.07, 6.45) is 1.18. The van der Waals surface area contributed by atoms with Gasteiger partial charge in [-0.3, -0.25) is 0 Å². The Morgan fingerprint density at radius 2 is 2.16 bits per heavy atom. The van der Waals surface area contributed by atoms with E-state index >= 15 is 0 Å². The van der Waals surface area contributed by atoms with Crippen molar-refractivity contribution in [2.45, 2.75) is 26.4 Å². The second-order valence-electron chi connectivity index (χ2n) is 4.66. The highest BCUT2D eigenvalue weighted by atomic mass is 32.2. The molecule has 0 saturated heterocycles. The average molecular weight is 304 g/mol. The van der Waals surface area contributed by atoms with Crippen molar-refractivity contribution in [3.8, 4) is 0 Å². The quantitative estimate of drug-likeness (QED) is 0.870. The van der Waals surface area contributed by atoms with E-state index in [1.54, 1.807) is 11.3 Å². The summed E-state index contributed by atoms with van der Waals surface area (Å²) in [5.41, 5.74) is 0. The van der Waals surface area contributed by atoms with Gasteiger partial charge in [0.05, 0.1) is 12.3 Å². The Hall–Kier alpha value is -1.08. The van der Waals surface area contributed by atoms with Gasteiger partial charge in [-0.05, 0) is 25.3 Å². The van der Waals surface area contributed by atoms with E-state index in [9.17, 15) is 13.2 Å². The lowest BCUT2D eigenvalue weighted by molar-refractivity contribution is 0.187. The van der Waals surface area contributed by atoms with Crippen molar-refractivity contribution in [2.24, 2.45) is 0 Å². The first-order valence-corrected chi connectivity index (χ1v) is 8.98. The predicted molar refractivity (Wildman–Crippen MR) is 78.1 cm³/mol. The van der Waals surface area contributed by atoms with Crippen LogP contribution in [0.5, 0.6) is 0 Å². The van der Waals surface area contributed by atoms with Gasteiger partial charge in [0.1, 0.15) is 9.84 Å². The fourth-order valence-electron chi connectivity index (χ4n) is 1.54. The first kappa shape index (κ1) is 16.0. The van der Waals surface area contributed by atoms with Crippen LogP contribution in [0.1, 0.15) is 18.7 Å². The molecule has 1 aromatic heterocycles. The Morgan fingerprint density at radius 1 is 1.47 bits per heavy atom. The number of amides is 2. The molecule has 0 saturated carbocycles. The second-order valence-corrected chi connectivity index (χ2v) is 7.95. The average Bonchev–Trinajstić information content (AvgIpc) is 2.77. The Kier molecular flexibility index (Phi) is 5.81. The van der Waals surface area contributed by atoms with E-state index < -0.39 is 9.84 Å². The maximum absolute atomic E-state index is 12.0. The maximum Gasteiger partial charge on any atom is 0.317 e. The number of nitrogens with one attached hydrogen (secondary N) is 1. The lowest BCUT2D eigenvalue weighted by atomic mass is 10.3. The summed E-state index contributed by atoms with van der Waals surface area (Å²) in [7, 11) is -3.06. The largest absolute Gasteiger partial charge is 0.333 e. The highest BCUT2D eigenvalue weighted by Gasteiger charge is 2.18. The van der Waals surface area contributed by atoms with Crippen molar-refractivity contribution in [2.75, 3.05) is 18.6 Å². The zero-order valence-corrected chi connectivity index (χ0v) is 13.1. The molecule has 108 valence electrons. The number of nitrogens with zero attached hydrogens (tertiary/aromatic N) is 1. The van der Waals surface area contributed by atoms with E-state index in [4.69, 9.17) is 0 Å². The number of sulfone groups is 1. The third-order valence-corrected chi connectivity index (χ3v) is 4.38. The van der Waals surface area contributed by atoms with E-state index in [1.807, 2.05) is 31.4 Å². The molecule has 1 rings (SSSR count). The summed E-state index contributed by atoms with van der Waals surface area (Å²) < 4.78 is 22.3. The Labute approximate surface area is 118 Å². The molecule has 0 aromatic carbocycles. The molecule has 2 amide bonds. The van der Waals surface area contributed by atoms with Crippen molar-refractivity contribution in [3.63, 3.8) is 0 Å². The van der Waals surface area contributed by atoms with Crippen LogP contribution in [0.4, 0.5) is 4.79 Å². The number of rotatable bonds is 6. The molecule has 0 aliphatic carbocycles. The van der Waals surface area contributed by atoms with Gasteiger partial charge >= 0.3 is 6.03 Å². The minimum atomic E-state index is -3.06. The molecule has 0 fully saturated rings. The van der Waals surface area contributed by atoms with Crippen LogP contribution in [-0.2, 0) is 16.4 Å². The SMILES string of the molecule is CC(C)N(CCS(C)(=O)=O)C(=O)NCc1cccs1. The summed E-state index contributed by atoms with van der Waals surface area (Å²) in [6.45, 7) is 4.42. The van der Waals surface area contributed by atoms with Crippen molar-refractivity contribution in [3.05, 3.63) is 22.4 Å². The number of urea groups is 1. The third-order valence-electron chi connectivity index (χ3n) is 2.58. The van der Waals surface area contributed by atoms with Crippen LogP contribution >= 0.6 is 11.3 Å². The number of carbonyl (C=O) groups excluding carboxylic acids is 1. The number of hydrogen-bond acceptors (Lipinski definition) is 4. The molecule has 1 aromatic rings. The van der Waals surface area contributed by atoms with Crippen molar-refractivity contribution >= 4 is 27.2 Å². The van der Waals surface area contributed by atoms with Crippen molar-refractivity contribution in [1.29, 1.82) is 0 Å². The van der Waals surface area contributed by atoms with Crippen molar-refractivity contribution < 1.29 is 13.2 Å². The molecule has 5 nitrogen and oxygen atoms in total. The van der Waals surface area contributed by atoms with Crippen molar-refractivity contribution in [1.82, 2.24) is 10.2 Å². The summed E-state index contributed by atoms with van der Waals surface area (Å²) in [6, 6.07) is 3.61. The van der Waals surface area contributed by atoms with Gasteiger partial charge < -0.3 is 10.2 Å². The number of carbonyl (C=O) groups is 1. The summed E-state index contributed by atoms with van der Waals surface area (Å²) in [5.74, 6) is -0.0163. The van der Waals surface area contributed by atoms with Crippen LogP contribution in [0.25, 0.3) is 0 Å². The molecular formula is C12H20N2O3S2. The lowest BCUT2D eigenvalue weighted by Gasteiger charge is -2.26. The molecule has 0 spiro atoms. The molecule has 0 radical (unpaired) electrons. The molecule has 0 bridgehead atoms.